The second kappa shape index (κ2) is 8.41. The predicted octanol–water partition coefficient (Wildman–Crippen LogP) is 3.55. The summed E-state index contributed by atoms with van der Waals surface area (Å²) in [5.41, 5.74) is 0.227. The molecule has 0 aliphatic carbocycles. The van der Waals surface area contributed by atoms with Crippen LogP contribution in [0.3, 0.4) is 0 Å². The fourth-order valence-electron chi connectivity index (χ4n) is 3.70. The number of fused-ring (bicyclic) bond motifs is 1. The smallest absolute Gasteiger partial charge is 0.417 e. The molecule has 3 heterocycles. The molecule has 1 unspecified atom stereocenters. The number of aryl methyl sites for hydroxylation is 1. The number of piperidine rings is 1. The lowest BCUT2D eigenvalue weighted by Gasteiger charge is -2.34. The van der Waals surface area contributed by atoms with E-state index in [1.807, 2.05) is 23.1 Å². The van der Waals surface area contributed by atoms with Gasteiger partial charge in [-0.3, -0.25) is 4.79 Å². The Morgan fingerprint density at radius 1 is 1.20 bits per heavy atom. The number of hydrogen-bond acceptors (Lipinski definition) is 5. The molecule has 0 radical (unpaired) electrons. The summed E-state index contributed by atoms with van der Waals surface area (Å²) < 4.78 is 48.8. The highest BCUT2D eigenvalue weighted by molar-refractivity contribution is 5.76. The molecule has 1 aromatic heterocycles. The van der Waals surface area contributed by atoms with Crippen LogP contribution in [0.5, 0.6) is 11.5 Å². The van der Waals surface area contributed by atoms with Crippen molar-refractivity contribution in [2.45, 2.75) is 37.9 Å². The summed E-state index contributed by atoms with van der Waals surface area (Å²) in [5.74, 6) is 1.84. The number of halogens is 3. The van der Waals surface area contributed by atoms with E-state index in [0.717, 1.165) is 30.7 Å². The first-order valence-corrected chi connectivity index (χ1v) is 9.84. The van der Waals surface area contributed by atoms with Crippen molar-refractivity contribution >= 4 is 11.7 Å². The molecule has 160 valence electrons. The van der Waals surface area contributed by atoms with Gasteiger partial charge >= 0.3 is 6.18 Å². The second-order valence-corrected chi connectivity index (χ2v) is 7.44. The quantitative estimate of drug-likeness (QED) is 0.800. The molecule has 2 aliphatic heterocycles. The van der Waals surface area contributed by atoms with Crippen LogP contribution in [-0.4, -0.2) is 36.8 Å². The van der Waals surface area contributed by atoms with Crippen LogP contribution in [0.15, 0.2) is 36.5 Å². The van der Waals surface area contributed by atoms with Crippen LogP contribution in [0.2, 0.25) is 0 Å². The largest absolute Gasteiger partial charge is 0.454 e. The minimum Gasteiger partial charge on any atom is -0.454 e. The monoisotopic (exact) mass is 421 g/mol. The lowest BCUT2D eigenvalue weighted by atomic mass is 10.0. The Morgan fingerprint density at radius 3 is 2.80 bits per heavy atom. The standard InChI is InChI=1S/C21H22F3N3O3/c22-21(23,24)15-5-7-19(25-11-15)27-9-1-2-16(12-27)26-20(28)8-4-14-3-6-17-18(10-14)30-13-29-17/h3,5-7,10-11,16H,1-2,4,8-9,12-13H2,(H,26,28). The number of rotatable bonds is 5. The average Bonchev–Trinajstić information content (AvgIpc) is 3.20. The Bertz CT molecular complexity index is 903. The normalized spacial score (nSPS) is 18.4. The van der Waals surface area contributed by atoms with Gasteiger partial charge in [0, 0.05) is 31.7 Å². The number of nitrogens with zero attached hydrogens (tertiary/aromatic N) is 2. The predicted molar refractivity (Wildman–Crippen MR) is 104 cm³/mol. The molecule has 4 rings (SSSR count). The third-order valence-electron chi connectivity index (χ3n) is 5.26. The number of hydrogen-bond donors (Lipinski definition) is 1. The van der Waals surface area contributed by atoms with Gasteiger partial charge in [-0.25, -0.2) is 4.98 Å². The molecular weight excluding hydrogens is 399 g/mol. The van der Waals surface area contributed by atoms with E-state index in [4.69, 9.17) is 9.47 Å². The first-order chi connectivity index (χ1) is 14.4. The van der Waals surface area contributed by atoms with E-state index >= 15 is 0 Å². The van der Waals surface area contributed by atoms with Crippen LogP contribution in [0.25, 0.3) is 0 Å². The molecule has 1 saturated heterocycles. The highest BCUT2D eigenvalue weighted by Gasteiger charge is 2.31. The van der Waals surface area contributed by atoms with Gasteiger partial charge in [0.2, 0.25) is 12.7 Å². The summed E-state index contributed by atoms with van der Waals surface area (Å²) in [6.07, 6.45) is -0.971. The van der Waals surface area contributed by atoms with Gasteiger partial charge in [-0.05, 0) is 49.1 Å². The maximum atomic E-state index is 12.7. The van der Waals surface area contributed by atoms with Crippen molar-refractivity contribution in [1.29, 1.82) is 0 Å². The molecule has 6 nitrogen and oxygen atoms in total. The molecule has 2 aliphatic rings. The Morgan fingerprint density at radius 2 is 2.03 bits per heavy atom. The summed E-state index contributed by atoms with van der Waals surface area (Å²) in [6.45, 7) is 1.43. The topological polar surface area (TPSA) is 63.7 Å². The van der Waals surface area contributed by atoms with Gasteiger partial charge in [0.25, 0.3) is 0 Å². The van der Waals surface area contributed by atoms with Gasteiger partial charge in [0.1, 0.15) is 5.82 Å². The number of pyridine rings is 1. The van der Waals surface area contributed by atoms with E-state index in [9.17, 15) is 18.0 Å². The summed E-state index contributed by atoms with van der Waals surface area (Å²) in [5, 5.41) is 3.03. The highest BCUT2D eigenvalue weighted by atomic mass is 19.4. The van der Waals surface area contributed by atoms with Crippen molar-refractivity contribution in [3.05, 3.63) is 47.7 Å². The van der Waals surface area contributed by atoms with Crippen molar-refractivity contribution < 1.29 is 27.4 Å². The maximum absolute atomic E-state index is 12.7. The van der Waals surface area contributed by atoms with E-state index in [0.29, 0.717) is 43.2 Å². The van der Waals surface area contributed by atoms with Gasteiger partial charge in [-0.15, -0.1) is 0 Å². The fraction of sp³-hybridized carbons (Fsp3) is 0.429. The van der Waals surface area contributed by atoms with Gasteiger partial charge in [0.05, 0.1) is 5.56 Å². The molecule has 1 fully saturated rings. The first kappa shape index (κ1) is 20.3. The minimum atomic E-state index is -4.40. The van der Waals surface area contributed by atoms with E-state index in [1.165, 1.54) is 6.07 Å². The molecular formula is C21H22F3N3O3. The number of aromatic nitrogens is 1. The molecule has 30 heavy (non-hydrogen) atoms. The number of benzene rings is 1. The van der Waals surface area contributed by atoms with Crippen LogP contribution in [0.1, 0.15) is 30.4 Å². The summed E-state index contributed by atoms with van der Waals surface area (Å²) in [6, 6.07) is 7.99. The number of alkyl halides is 3. The van der Waals surface area contributed by atoms with Crippen LogP contribution in [0, 0.1) is 0 Å². The number of ether oxygens (including phenoxy) is 2. The molecule has 9 heteroatoms. The molecule has 0 spiro atoms. The molecule has 1 N–H and O–H groups in total. The molecule has 2 aromatic rings. The van der Waals surface area contributed by atoms with Crippen molar-refractivity contribution in [2.75, 3.05) is 24.8 Å². The van der Waals surface area contributed by atoms with Crippen LogP contribution in [-0.2, 0) is 17.4 Å². The molecule has 1 amide bonds. The van der Waals surface area contributed by atoms with Crippen LogP contribution < -0.4 is 19.7 Å². The van der Waals surface area contributed by atoms with E-state index in [-0.39, 0.29) is 18.7 Å². The Kier molecular flexibility index (Phi) is 5.69. The van der Waals surface area contributed by atoms with Gasteiger partial charge in [-0.2, -0.15) is 13.2 Å². The van der Waals surface area contributed by atoms with E-state index in [1.54, 1.807) is 0 Å². The third-order valence-corrected chi connectivity index (χ3v) is 5.26. The zero-order valence-electron chi connectivity index (χ0n) is 16.2. The number of amides is 1. The van der Waals surface area contributed by atoms with Crippen LogP contribution >= 0.6 is 0 Å². The second-order valence-electron chi connectivity index (χ2n) is 7.44. The van der Waals surface area contributed by atoms with Gasteiger partial charge in [0.15, 0.2) is 11.5 Å². The zero-order valence-corrected chi connectivity index (χ0v) is 16.2. The van der Waals surface area contributed by atoms with Crippen LogP contribution in [0.4, 0.5) is 19.0 Å². The summed E-state index contributed by atoms with van der Waals surface area (Å²) in [4.78, 5) is 18.3. The van der Waals surface area contributed by atoms with Crippen molar-refractivity contribution in [2.24, 2.45) is 0 Å². The lowest BCUT2D eigenvalue weighted by molar-refractivity contribution is -0.137. The SMILES string of the molecule is O=C(CCc1ccc2c(c1)OCO2)NC1CCCN(c2ccc(C(F)(F)F)cn2)C1. The molecule has 0 bridgehead atoms. The van der Waals surface area contributed by atoms with Crippen molar-refractivity contribution in [1.82, 2.24) is 10.3 Å². The fourth-order valence-corrected chi connectivity index (χ4v) is 3.70. The Balaban J connectivity index is 1.28. The summed E-state index contributed by atoms with van der Waals surface area (Å²) in [7, 11) is 0. The van der Waals surface area contributed by atoms with Crippen molar-refractivity contribution in [3.8, 4) is 11.5 Å². The Labute approximate surface area is 172 Å². The molecule has 1 aromatic carbocycles. The third kappa shape index (κ3) is 4.77. The zero-order chi connectivity index (χ0) is 21.1. The average molecular weight is 421 g/mol. The maximum Gasteiger partial charge on any atom is 0.417 e. The van der Waals surface area contributed by atoms with E-state index in [2.05, 4.69) is 10.3 Å². The molecule has 0 saturated carbocycles. The minimum absolute atomic E-state index is 0.0557. The van der Waals surface area contributed by atoms with E-state index < -0.39 is 11.7 Å². The lowest BCUT2D eigenvalue weighted by Crippen LogP contribution is -2.48. The summed E-state index contributed by atoms with van der Waals surface area (Å²) >= 11 is 0. The molecule has 1 atom stereocenters. The van der Waals surface area contributed by atoms with Crippen molar-refractivity contribution in [3.63, 3.8) is 0 Å². The highest BCUT2D eigenvalue weighted by Crippen LogP contribution is 2.33. The van der Waals surface area contributed by atoms with Gasteiger partial charge in [-0.1, -0.05) is 6.07 Å². The number of nitrogens with one attached hydrogen (secondary N) is 1. The Hall–Kier alpha value is -2.97. The van der Waals surface area contributed by atoms with Gasteiger partial charge < -0.3 is 19.7 Å². The number of carbonyl (C=O) groups is 1. The first-order valence-electron chi connectivity index (χ1n) is 9.84. The number of carbonyl (C=O) groups excluding carboxylic acids is 1. The number of anilines is 1.